The van der Waals surface area contributed by atoms with E-state index in [-0.39, 0.29) is 0 Å². The largest absolute Gasteiger partial charge is 0.348 e. The number of fused-ring (bicyclic) bond motifs is 1. The molecule has 1 aliphatic heterocycles. The number of imidazole rings is 1. The van der Waals surface area contributed by atoms with E-state index < -0.39 is 0 Å². The first-order chi connectivity index (χ1) is 14.2. The van der Waals surface area contributed by atoms with Gasteiger partial charge in [0.25, 0.3) is 5.89 Å². The highest BCUT2D eigenvalue weighted by atomic mass is 16.5. The second-order valence-electron chi connectivity index (χ2n) is 7.30. The predicted molar refractivity (Wildman–Crippen MR) is 107 cm³/mol. The summed E-state index contributed by atoms with van der Waals surface area (Å²) in [4.78, 5) is 23.5. The lowest BCUT2D eigenvalue weighted by Gasteiger charge is -2.29. The van der Waals surface area contributed by atoms with Gasteiger partial charge in [-0.1, -0.05) is 11.2 Å². The van der Waals surface area contributed by atoms with Crippen LogP contribution in [0, 0.1) is 13.8 Å². The van der Waals surface area contributed by atoms with Crippen LogP contribution < -0.4 is 0 Å². The third-order valence-corrected chi connectivity index (χ3v) is 5.38. The van der Waals surface area contributed by atoms with Crippen molar-refractivity contribution in [2.24, 2.45) is 0 Å². The number of aryl methyl sites for hydroxylation is 2. The summed E-state index contributed by atoms with van der Waals surface area (Å²) in [5.41, 5.74) is 7.22. The van der Waals surface area contributed by atoms with Gasteiger partial charge in [0.05, 0.1) is 12.0 Å². The van der Waals surface area contributed by atoms with Crippen LogP contribution in [0.1, 0.15) is 28.2 Å². The second-order valence-corrected chi connectivity index (χ2v) is 7.30. The Kier molecular flexibility index (Phi) is 4.40. The van der Waals surface area contributed by atoms with Crippen molar-refractivity contribution in [2.75, 3.05) is 6.54 Å². The average molecular weight is 387 g/mol. The Morgan fingerprint density at radius 3 is 2.90 bits per heavy atom. The molecule has 0 amide bonds. The first kappa shape index (κ1) is 17.7. The van der Waals surface area contributed by atoms with Crippen molar-refractivity contribution < 1.29 is 4.52 Å². The minimum absolute atomic E-state index is 0.420. The normalized spacial score (nSPS) is 14.1. The van der Waals surface area contributed by atoms with Crippen molar-refractivity contribution in [3.63, 3.8) is 0 Å². The molecule has 0 unspecified atom stereocenters. The van der Waals surface area contributed by atoms with E-state index in [1.54, 1.807) is 12.5 Å². The van der Waals surface area contributed by atoms with E-state index in [1.165, 1.54) is 11.1 Å². The molecule has 5 heterocycles. The first-order valence-electron chi connectivity index (χ1n) is 9.63. The van der Waals surface area contributed by atoms with Gasteiger partial charge in [-0.15, -0.1) is 0 Å². The first-order valence-corrected chi connectivity index (χ1v) is 9.63. The van der Waals surface area contributed by atoms with Crippen LogP contribution in [0.3, 0.4) is 0 Å². The zero-order valence-corrected chi connectivity index (χ0v) is 16.4. The Morgan fingerprint density at radius 2 is 2.10 bits per heavy atom. The van der Waals surface area contributed by atoms with Gasteiger partial charge in [-0.05, 0) is 43.5 Å². The molecule has 0 saturated heterocycles. The van der Waals surface area contributed by atoms with Crippen LogP contribution in [0.25, 0.3) is 23.0 Å². The van der Waals surface area contributed by atoms with E-state index in [2.05, 4.69) is 41.9 Å². The topological polar surface area (TPSA) is 96.6 Å². The number of nitrogens with one attached hydrogen (secondary N) is 1. The molecule has 8 nitrogen and oxygen atoms in total. The number of rotatable bonds is 4. The van der Waals surface area contributed by atoms with Gasteiger partial charge in [-0.2, -0.15) is 4.98 Å². The van der Waals surface area contributed by atoms with E-state index in [9.17, 15) is 0 Å². The lowest BCUT2D eigenvalue weighted by Crippen LogP contribution is -2.31. The van der Waals surface area contributed by atoms with Crippen molar-refractivity contribution in [3.8, 4) is 23.0 Å². The Hall–Kier alpha value is -3.39. The number of aromatic amines is 1. The molecule has 5 rings (SSSR count). The van der Waals surface area contributed by atoms with Gasteiger partial charge in [0.15, 0.2) is 0 Å². The number of aromatic nitrogens is 6. The Balaban J connectivity index is 1.45. The Bertz CT molecular complexity index is 1150. The molecule has 1 aliphatic rings. The van der Waals surface area contributed by atoms with Crippen LogP contribution in [0.15, 0.2) is 41.4 Å². The van der Waals surface area contributed by atoms with Crippen LogP contribution >= 0.6 is 0 Å². The zero-order chi connectivity index (χ0) is 19.8. The molecular weight excluding hydrogens is 366 g/mol. The summed E-state index contributed by atoms with van der Waals surface area (Å²) in [7, 11) is 0. The minimum atomic E-state index is 0.420. The van der Waals surface area contributed by atoms with Crippen LogP contribution in [0.5, 0.6) is 0 Å². The van der Waals surface area contributed by atoms with Crippen molar-refractivity contribution in [1.82, 2.24) is 35.0 Å². The Labute approximate surface area is 168 Å². The van der Waals surface area contributed by atoms with Gasteiger partial charge >= 0.3 is 0 Å². The number of nitrogens with zero attached hydrogens (tertiary/aromatic N) is 6. The summed E-state index contributed by atoms with van der Waals surface area (Å²) in [6.07, 6.45) is 6.34. The van der Waals surface area contributed by atoms with E-state index in [0.29, 0.717) is 17.4 Å². The summed E-state index contributed by atoms with van der Waals surface area (Å²) >= 11 is 0. The van der Waals surface area contributed by atoms with Gasteiger partial charge in [-0.3, -0.25) is 14.9 Å². The molecule has 4 aromatic heterocycles. The SMILES string of the molecule is Cc1ncc2c(c1-c1noc(-c3ccccn3)n1)CCN(Cc1nc[nH]c1C)C2. The number of pyridine rings is 2. The van der Waals surface area contributed by atoms with Crippen LogP contribution in [0.2, 0.25) is 0 Å². The van der Waals surface area contributed by atoms with Crippen molar-refractivity contribution in [3.05, 3.63) is 65.1 Å². The molecule has 0 fully saturated rings. The van der Waals surface area contributed by atoms with E-state index in [4.69, 9.17) is 4.52 Å². The number of hydrogen-bond donors (Lipinski definition) is 1. The monoisotopic (exact) mass is 387 g/mol. The van der Waals surface area contributed by atoms with Gasteiger partial charge in [-0.25, -0.2) is 4.98 Å². The highest BCUT2D eigenvalue weighted by Crippen LogP contribution is 2.32. The van der Waals surface area contributed by atoms with E-state index in [1.807, 2.05) is 31.3 Å². The molecule has 0 aliphatic carbocycles. The molecule has 146 valence electrons. The third kappa shape index (κ3) is 3.31. The summed E-state index contributed by atoms with van der Waals surface area (Å²) in [6.45, 7) is 6.64. The molecule has 29 heavy (non-hydrogen) atoms. The molecule has 4 aromatic rings. The lowest BCUT2D eigenvalue weighted by atomic mass is 9.94. The van der Waals surface area contributed by atoms with Gasteiger partial charge in [0.1, 0.15) is 5.69 Å². The standard InChI is InChI=1S/C21H21N7O/c1-13-18(25-12-24-13)11-28-8-6-16-15(10-28)9-23-14(2)19(16)20-26-21(29-27-20)17-5-3-4-7-22-17/h3-5,7,9,12H,6,8,10-11H2,1-2H3,(H,24,25). The predicted octanol–water partition coefficient (Wildman–Crippen LogP) is 3.09. The highest BCUT2D eigenvalue weighted by Gasteiger charge is 2.25. The second kappa shape index (κ2) is 7.21. The number of H-pyrrole nitrogens is 1. The van der Waals surface area contributed by atoms with Crippen molar-refractivity contribution in [1.29, 1.82) is 0 Å². The smallest absolute Gasteiger partial charge is 0.276 e. The maximum absolute atomic E-state index is 5.48. The summed E-state index contributed by atoms with van der Waals surface area (Å²) in [6, 6.07) is 5.62. The fraction of sp³-hybridized carbons (Fsp3) is 0.286. The van der Waals surface area contributed by atoms with Crippen molar-refractivity contribution in [2.45, 2.75) is 33.4 Å². The molecule has 0 radical (unpaired) electrons. The molecule has 0 bridgehead atoms. The van der Waals surface area contributed by atoms with Gasteiger partial charge in [0, 0.05) is 49.0 Å². The Morgan fingerprint density at radius 1 is 1.17 bits per heavy atom. The zero-order valence-electron chi connectivity index (χ0n) is 16.4. The lowest BCUT2D eigenvalue weighted by molar-refractivity contribution is 0.242. The maximum atomic E-state index is 5.48. The molecule has 1 N–H and O–H groups in total. The van der Waals surface area contributed by atoms with Crippen LogP contribution in [0.4, 0.5) is 0 Å². The molecule has 0 atom stereocenters. The summed E-state index contributed by atoms with van der Waals surface area (Å²) < 4.78 is 5.48. The fourth-order valence-electron chi connectivity index (χ4n) is 3.82. The maximum Gasteiger partial charge on any atom is 0.276 e. The molecule has 0 saturated carbocycles. The van der Waals surface area contributed by atoms with Gasteiger partial charge in [0.2, 0.25) is 5.82 Å². The molecule has 0 aromatic carbocycles. The quantitative estimate of drug-likeness (QED) is 0.575. The van der Waals surface area contributed by atoms with Crippen molar-refractivity contribution >= 4 is 0 Å². The molecular formula is C21H21N7O. The van der Waals surface area contributed by atoms with E-state index >= 15 is 0 Å². The van der Waals surface area contributed by atoms with Crippen LogP contribution in [-0.4, -0.2) is 41.5 Å². The molecule has 0 spiro atoms. The molecule has 8 heteroatoms. The number of hydrogen-bond acceptors (Lipinski definition) is 7. The highest BCUT2D eigenvalue weighted by molar-refractivity contribution is 5.66. The van der Waals surface area contributed by atoms with E-state index in [0.717, 1.165) is 48.7 Å². The summed E-state index contributed by atoms with van der Waals surface area (Å²) in [5.74, 6) is 0.994. The average Bonchev–Trinajstić information content (AvgIpc) is 3.38. The summed E-state index contributed by atoms with van der Waals surface area (Å²) in [5, 5.41) is 4.23. The third-order valence-electron chi connectivity index (χ3n) is 5.38. The fourth-order valence-corrected chi connectivity index (χ4v) is 3.82. The minimum Gasteiger partial charge on any atom is -0.348 e. The van der Waals surface area contributed by atoms with Crippen LogP contribution in [-0.2, 0) is 19.5 Å². The van der Waals surface area contributed by atoms with Gasteiger partial charge < -0.3 is 9.51 Å².